The zero-order chi connectivity index (χ0) is 29.4. The molecule has 7 nitrogen and oxygen atoms in total. The Balaban J connectivity index is 1.72. The minimum absolute atomic E-state index is 0.0624. The van der Waals surface area contributed by atoms with Crippen molar-refractivity contribution >= 4 is 39.1 Å². The number of anilines is 1. The van der Waals surface area contributed by atoms with E-state index in [1.54, 1.807) is 25.1 Å². The molecule has 218 valence electrons. The van der Waals surface area contributed by atoms with E-state index in [1.165, 1.54) is 4.90 Å². The first-order valence-electron chi connectivity index (χ1n) is 14.0. The molecule has 0 spiro atoms. The highest BCUT2D eigenvalue weighted by molar-refractivity contribution is 7.92. The summed E-state index contributed by atoms with van der Waals surface area (Å²) in [6.07, 6.45) is 6.48. The summed E-state index contributed by atoms with van der Waals surface area (Å²) in [6.45, 7) is 1.46. The molecule has 3 aromatic carbocycles. The fourth-order valence-electron chi connectivity index (χ4n) is 5.37. The maximum Gasteiger partial charge on any atom is 0.244 e. The van der Waals surface area contributed by atoms with Gasteiger partial charge in [0.05, 0.1) is 11.9 Å². The van der Waals surface area contributed by atoms with E-state index in [0.29, 0.717) is 22.7 Å². The number of amides is 2. The number of benzene rings is 3. The van der Waals surface area contributed by atoms with Crippen LogP contribution in [0.2, 0.25) is 5.02 Å². The van der Waals surface area contributed by atoms with Crippen LogP contribution in [0.5, 0.6) is 0 Å². The van der Waals surface area contributed by atoms with E-state index in [4.69, 9.17) is 11.6 Å². The van der Waals surface area contributed by atoms with Crippen molar-refractivity contribution in [3.8, 4) is 0 Å². The van der Waals surface area contributed by atoms with E-state index in [-0.39, 0.29) is 18.5 Å². The van der Waals surface area contributed by atoms with Crippen molar-refractivity contribution in [3.63, 3.8) is 0 Å². The molecule has 9 heteroatoms. The lowest BCUT2D eigenvalue weighted by Crippen LogP contribution is -2.55. The van der Waals surface area contributed by atoms with E-state index in [0.717, 1.165) is 53.8 Å². The number of hydrogen-bond acceptors (Lipinski definition) is 4. The zero-order valence-corrected chi connectivity index (χ0v) is 25.2. The van der Waals surface area contributed by atoms with Crippen molar-refractivity contribution in [2.75, 3.05) is 17.1 Å². The lowest BCUT2D eigenvalue weighted by atomic mass is 9.94. The topological polar surface area (TPSA) is 86.8 Å². The number of nitrogens with zero attached hydrogens (tertiary/aromatic N) is 2. The van der Waals surface area contributed by atoms with E-state index >= 15 is 0 Å². The van der Waals surface area contributed by atoms with Gasteiger partial charge in [-0.2, -0.15) is 0 Å². The van der Waals surface area contributed by atoms with Gasteiger partial charge in [-0.25, -0.2) is 8.42 Å². The fourth-order valence-corrected chi connectivity index (χ4v) is 6.51. The Morgan fingerprint density at radius 1 is 0.927 bits per heavy atom. The summed E-state index contributed by atoms with van der Waals surface area (Å²) < 4.78 is 27.1. The van der Waals surface area contributed by atoms with Crippen molar-refractivity contribution in [3.05, 3.63) is 101 Å². The number of halogens is 1. The molecule has 1 saturated carbocycles. The highest BCUT2D eigenvalue weighted by atomic mass is 35.5. The van der Waals surface area contributed by atoms with Crippen molar-refractivity contribution < 1.29 is 18.0 Å². The molecular formula is C32H38ClN3O4S. The average molecular weight is 596 g/mol. The third kappa shape index (κ3) is 8.57. The third-order valence-corrected chi connectivity index (χ3v) is 8.89. The summed E-state index contributed by atoms with van der Waals surface area (Å²) in [6, 6.07) is 23.1. The Labute approximate surface area is 248 Å². The van der Waals surface area contributed by atoms with Gasteiger partial charge in [0.15, 0.2) is 0 Å². The molecule has 0 bridgehead atoms. The predicted molar refractivity (Wildman–Crippen MR) is 164 cm³/mol. The monoisotopic (exact) mass is 595 g/mol. The SMILES string of the molecule is Cc1cc(Cl)ccc1N(CC(=O)N(Cc1ccccc1)C(Cc1ccccc1)C(=O)NC1CCCCC1)S(C)(=O)=O. The van der Waals surface area contributed by atoms with Gasteiger partial charge in [0, 0.05) is 24.0 Å². The number of hydrogen-bond donors (Lipinski definition) is 1. The summed E-state index contributed by atoms with van der Waals surface area (Å²) in [5.74, 6) is -0.688. The Kier molecular flexibility index (Phi) is 10.5. The first-order valence-corrected chi connectivity index (χ1v) is 16.3. The van der Waals surface area contributed by atoms with Crippen LogP contribution in [0.4, 0.5) is 5.69 Å². The second-order valence-electron chi connectivity index (χ2n) is 10.8. The molecule has 1 atom stereocenters. The van der Waals surface area contributed by atoms with Crippen molar-refractivity contribution in [2.45, 2.75) is 64.1 Å². The summed E-state index contributed by atoms with van der Waals surface area (Å²) >= 11 is 6.13. The van der Waals surface area contributed by atoms with Gasteiger partial charge >= 0.3 is 0 Å². The standard InChI is InChI=1S/C32H38ClN3O4S/c1-24-20-27(33)18-19-29(24)36(41(2,39)40)23-31(37)35(22-26-14-8-4-9-15-26)30(21-25-12-6-3-7-13-25)32(38)34-28-16-10-5-11-17-28/h3-4,6-9,12-15,18-20,28,30H,5,10-11,16-17,21-23H2,1-2H3,(H,34,38). The molecule has 1 aliphatic rings. The van der Waals surface area contributed by atoms with Crippen LogP contribution >= 0.6 is 11.6 Å². The number of aryl methyl sites for hydroxylation is 1. The van der Waals surface area contributed by atoms with Gasteiger partial charge in [-0.05, 0) is 54.7 Å². The van der Waals surface area contributed by atoms with Gasteiger partial charge in [0.2, 0.25) is 21.8 Å². The summed E-state index contributed by atoms with van der Waals surface area (Å²) in [5, 5.41) is 3.68. The van der Waals surface area contributed by atoms with Crippen LogP contribution in [-0.2, 0) is 32.6 Å². The Hall–Kier alpha value is -3.36. The van der Waals surface area contributed by atoms with Gasteiger partial charge < -0.3 is 10.2 Å². The van der Waals surface area contributed by atoms with E-state index in [2.05, 4.69) is 5.32 Å². The quantitative estimate of drug-likeness (QED) is 0.317. The molecule has 0 aliphatic heterocycles. The van der Waals surface area contributed by atoms with Crippen LogP contribution in [-0.4, -0.2) is 50.0 Å². The molecule has 41 heavy (non-hydrogen) atoms. The number of carbonyl (C=O) groups is 2. The van der Waals surface area contributed by atoms with Gasteiger partial charge in [-0.15, -0.1) is 0 Å². The molecule has 1 N–H and O–H groups in total. The molecule has 1 aliphatic carbocycles. The van der Waals surface area contributed by atoms with Crippen LogP contribution in [0.25, 0.3) is 0 Å². The average Bonchev–Trinajstić information content (AvgIpc) is 2.95. The summed E-state index contributed by atoms with van der Waals surface area (Å²) in [5.41, 5.74) is 2.76. The molecule has 0 heterocycles. The van der Waals surface area contributed by atoms with Crippen LogP contribution in [0.3, 0.4) is 0 Å². The van der Waals surface area contributed by atoms with Crippen LogP contribution in [0, 0.1) is 6.92 Å². The molecule has 1 fully saturated rings. The van der Waals surface area contributed by atoms with Crippen LogP contribution < -0.4 is 9.62 Å². The van der Waals surface area contributed by atoms with Crippen LogP contribution in [0.1, 0.15) is 48.8 Å². The minimum Gasteiger partial charge on any atom is -0.352 e. The molecular weight excluding hydrogens is 558 g/mol. The van der Waals surface area contributed by atoms with Crippen molar-refractivity contribution in [2.24, 2.45) is 0 Å². The normalized spacial score (nSPS) is 14.7. The summed E-state index contributed by atoms with van der Waals surface area (Å²) in [4.78, 5) is 29.7. The molecule has 2 amide bonds. The molecule has 0 aromatic heterocycles. The maximum atomic E-state index is 14.2. The van der Waals surface area contributed by atoms with Crippen molar-refractivity contribution in [1.82, 2.24) is 10.2 Å². The second kappa shape index (κ2) is 14.0. The molecule has 3 aromatic rings. The lowest BCUT2D eigenvalue weighted by molar-refractivity contribution is -0.140. The van der Waals surface area contributed by atoms with E-state index in [1.807, 2.05) is 60.7 Å². The molecule has 0 saturated heterocycles. The maximum absolute atomic E-state index is 14.2. The molecule has 1 unspecified atom stereocenters. The van der Waals surface area contributed by atoms with Gasteiger partial charge in [-0.1, -0.05) is 91.5 Å². The highest BCUT2D eigenvalue weighted by Gasteiger charge is 2.34. The highest BCUT2D eigenvalue weighted by Crippen LogP contribution is 2.26. The first-order chi connectivity index (χ1) is 19.6. The number of carbonyl (C=O) groups excluding carboxylic acids is 2. The summed E-state index contributed by atoms with van der Waals surface area (Å²) in [7, 11) is -3.84. The second-order valence-corrected chi connectivity index (χ2v) is 13.1. The van der Waals surface area contributed by atoms with Crippen molar-refractivity contribution in [1.29, 1.82) is 0 Å². The molecule has 0 radical (unpaired) electrons. The first kappa shape index (κ1) is 30.6. The smallest absolute Gasteiger partial charge is 0.244 e. The lowest BCUT2D eigenvalue weighted by Gasteiger charge is -2.35. The Bertz CT molecular complexity index is 1430. The number of sulfonamides is 1. The molecule has 4 rings (SSSR count). The van der Waals surface area contributed by atoms with Crippen LogP contribution in [0.15, 0.2) is 78.9 Å². The Morgan fingerprint density at radius 2 is 1.54 bits per heavy atom. The van der Waals surface area contributed by atoms with E-state index < -0.39 is 28.5 Å². The number of rotatable bonds is 11. The van der Waals surface area contributed by atoms with Gasteiger partial charge in [-0.3, -0.25) is 13.9 Å². The largest absolute Gasteiger partial charge is 0.352 e. The minimum atomic E-state index is -3.84. The Morgan fingerprint density at radius 3 is 2.12 bits per heavy atom. The van der Waals surface area contributed by atoms with Gasteiger partial charge in [0.25, 0.3) is 0 Å². The number of nitrogens with one attached hydrogen (secondary N) is 1. The third-order valence-electron chi connectivity index (χ3n) is 7.53. The zero-order valence-electron chi connectivity index (χ0n) is 23.6. The fraction of sp³-hybridized carbons (Fsp3) is 0.375. The van der Waals surface area contributed by atoms with Gasteiger partial charge in [0.1, 0.15) is 12.6 Å². The van der Waals surface area contributed by atoms with E-state index in [9.17, 15) is 18.0 Å². The predicted octanol–water partition coefficient (Wildman–Crippen LogP) is 5.50.